The molecule has 11 nitrogen and oxygen atoms in total. The van der Waals surface area contributed by atoms with Crippen molar-refractivity contribution in [3.05, 3.63) is 6.33 Å². The van der Waals surface area contributed by atoms with Crippen molar-refractivity contribution in [3.8, 4) is 0 Å². The molecule has 3 heterocycles. The van der Waals surface area contributed by atoms with Gasteiger partial charge in [0.05, 0.1) is 32.7 Å². The third-order valence-electron chi connectivity index (χ3n) is 6.99. The van der Waals surface area contributed by atoms with Crippen molar-refractivity contribution in [1.29, 1.82) is 0 Å². The van der Waals surface area contributed by atoms with E-state index in [-0.39, 0.29) is 37.4 Å². The quantitative estimate of drug-likeness (QED) is 0.134. The first-order valence-corrected chi connectivity index (χ1v) is 16.5. The number of aromatic nitrogens is 4. The summed E-state index contributed by atoms with van der Waals surface area (Å²) in [6, 6.07) is 0. The van der Waals surface area contributed by atoms with E-state index in [0.717, 1.165) is 6.42 Å². The number of nitrogen functional groups attached to an aromatic ring is 2. The topological polar surface area (TPSA) is 150 Å². The molecule has 12 heteroatoms. The van der Waals surface area contributed by atoms with Gasteiger partial charge >= 0.3 is 7.60 Å². The summed E-state index contributed by atoms with van der Waals surface area (Å²) in [5.41, 5.74) is 12.5. The normalized spacial score (nSPS) is 19.7. The van der Waals surface area contributed by atoms with E-state index in [4.69, 9.17) is 30.0 Å². The molecule has 2 atom stereocenters. The van der Waals surface area contributed by atoms with Crippen LogP contribution in [0.5, 0.6) is 0 Å². The number of imidazole rings is 1. The highest BCUT2D eigenvalue weighted by Gasteiger charge is 2.33. The Labute approximate surface area is 233 Å². The summed E-state index contributed by atoms with van der Waals surface area (Å²) in [5.74, 6) is 0.300. The minimum atomic E-state index is -3.29. The third kappa shape index (κ3) is 11.7. The summed E-state index contributed by atoms with van der Waals surface area (Å²) < 4.78 is 37.0. The van der Waals surface area contributed by atoms with Crippen LogP contribution in [0.15, 0.2) is 6.33 Å². The van der Waals surface area contributed by atoms with Gasteiger partial charge in [0.1, 0.15) is 18.0 Å². The molecule has 4 N–H and O–H groups in total. The number of fused-ring (bicyclic) bond motifs is 1. The predicted molar refractivity (Wildman–Crippen MR) is 155 cm³/mol. The highest BCUT2D eigenvalue weighted by molar-refractivity contribution is 7.53. The summed E-state index contributed by atoms with van der Waals surface area (Å²) in [5, 5.41) is 0. The van der Waals surface area contributed by atoms with Crippen LogP contribution in [0.4, 0.5) is 11.8 Å². The lowest BCUT2D eigenvalue weighted by molar-refractivity contribution is -0.0169. The van der Waals surface area contributed by atoms with Gasteiger partial charge in [0, 0.05) is 6.61 Å². The molecule has 222 valence electrons. The van der Waals surface area contributed by atoms with Gasteiger partial charge in [-0.05, 0) is 6.42 Å². The Bertz CT molecular complexity index is 994. The molecule has 3 rings (SSSR count). The van der Waals surface area contributed by atoms with Crippen LogP contribution in [0.3, 0.4) is 0 Å². The zero-order valence-corrected chi connectivity index (χ0v) is 24.6. The molecule has 0 aliphatic carbocycles. The first-order chi connectivity index (χ1) is 19.0. The maximum atomic E-state index is 12.8. The maximum Gasteiger partial charge on any atom is 0.356 e. The van der Waals surface area contributed by atoms with Gasteiger partial charge in [0.2, 0.25) is 5.95 Å². The second-order valence-corrected chi connectivity index (χ2v) is 12.4. The predicted octanol–water partition coefficient (Wildman–Crippen LogP) is 6.07. The summed E-state index contributed by atoms with van der Waals surface area (Å²) >= 11 is 0. The first kappa shape index (κ1) is 31.7. The van der Waals surface area contributed by atoms with Crippen LogP contribution in [0.1, 0.15) is 96.8 Å². The van der Waals surface area contributed by atoms with Crippen molar-refractivity contribution in [2.45, 2.75) is 109 Å². The van der Waals surface area contributed by atoms with Gasteiger partial charge < -0.3 is 34.6 Å². The fourth-order valence-corrected chi connectivity index (χ4v) is 6.09. The Kier molecular flexibility index (Phi) is 14.5. The zero-order valence-electron chi connectivity index (χ0n) is 23.7. The zero-order chi connectivity index (χ0) is 27.8. The van der Waals surface area contributed by atoms with E-state index in [2.05, 4.69) is 21.9 Å². The van der Waals surface area contributed by atoms with Gasteiger partial charge in [-0.15, -0.1) is 0 Å². The standard InChI is InChI=1S/C27H49N6O5P/c1-2-3-4-5-6-7-8-9-10-11-12-13-14-15-16-35-17-18-37-39(34)22-36-23(20-38-39)19-33-21-30-24-25(28)31-27(29)32-26(24)33/h21,23H,2-20,22H2,1H3,(H4,28,29,31,32)/t23-,39-/m0/s1. The van der Waals surface area contributed by atoms with Crippen molar-refractivity contribution in [3.63, 3.8) is 0 Å². The summed E-state index contributed by atoms with van der Waals surface area (Å²) in [6.45, 7) is 4.10. The Morgan fingerprint density at radius 2 is 1.56 bits per heavy atom. The van der Waals surface area contributed by atoms with Gasteiger partial charge in [-0.25, -0.2) is 4.98 Å². The number of nitrogens with two attached hydrogens (primary N) is 2. The average Bonchev–Trinajstić information content (AvgIpc) is 3.32. The summed E-state index contributed by atoms with van der Waals surface area (Å²) in [6.07, 6.45) is 19.8. The molecule has 0 bridgehead atoms. The van der Waals surface area contributed by atoms with E-state index >= 15 is 0 Å². The van der Waals surface area contributed by atoms with Gasteiger partial charge in [-0.2, -0.15) is 9.97 Å². The summed E-state index contributed by atoms with van der Waals surface area (Å²) in [4.78, 5) is 12.3. The van der Waals surface area contributed by atoms with Crippen LogP contribution in [0.25, 0.3) is 11.2 Å². The lowest BCUT2D eigenvalue weighted by atomic mass is 10.0. The van der Waals surface area contributed by atoms with E-state index in [1.807, 2.05) is 0 Å². The molecule has 0 aromatic carbocycles. The van der Waals surface area contributed by atoms with Crippen LogP contribution in [-0.4, -0.2) is 58.4 Å². The van der Waals surface area contributed by atoms with E-state index < -0.39 is 7.60 Å². The van der Waals surface area contributed by atoms with E-state index in [1.165, 1.54) is 83.5 Å². The Hall–Kier alpha value is -1.78. The van der Waals surface area contributed by atoms with Crippen molar-refractivity contribution >= 4 is 30.5 Å². The van der Waals surface area contributed by atoms with Crippen LogP contribution in [0, 0.1) is 0 Å². The fraction of sp³-hybridized carbons (Fsp3) is 0.815. The number of unbranched alkanes of at least 4 members (excludes halogenated alkanes) is 13. The second-order valence-electron chi connectivity index (χ2n) is 10.4. The molecule has 0 amide bonds. The van der Waals surface area contributed by atoms with Crippen molar-refractivity contribution < 1.29 is 23.1 Å². The Morgan fingerprint density at radius 1 is 0.923 bits per heavy atom. The van der Waals surface area contributed by atoms with Gasteiger partial charge in [0.15, 0.2) is 11.5 Å². The van der Waals surface area contributed by atoms with Crippen molar-refractivity contribution in [2.75, 3.05) is 44.2 Å². The number of hydrogen-bond acceptors (Lipinski definition) is 10. The van der Waals surface area contributed by atoms with E-state index in [1.54, 1.807) is 10.9 Å². The molecule has 1 fully saturated rings. The fourth-order valence-electron chi connectivity index (χ4n) is 4.73. The molecule has 0 spiro atoms. The van der Waals surface area contributed by atoms with Gasteiger partial charge in [-0.1, -0.05) is 90.4 Å². The molecule has 1 aliphatic heterocycles. The molecule has 2 aromatic heterocycles. The molecular formula is C27H49N6O5P. The molecule has 2 aromatic rings. The minimum Gasteiger partial charge on any atom is -0.382 e. The Balaban J connectivity index is 1.14. The number of rotatable bonds is 21. The van der Waals surface area contributed by atoms with Gasteiger partial charge in [0.25, 0.3) is 0 Å². The third-order valence-corrected chi connectivity index (χ3v) is 8.58. The molecule has 39 heavy (non-hydrogen) atoms. The van der Waals surface area contributed by atoms with E-state index in [9.17, 15) is 4.57 Å². The largest absolute Gasteiger partial charge is 0.382 e. The van der Waals surface area contributed by atoms with Gasteiger partial charge in [-0.3, -0.25) is 4.57 Å². The molecule has 0 saturated carbocycles. The Morgan fingerprint density at radius 3 is 2.18 bits per heavy atom. The smallest absolute Gasteiger partial charge is 0.356 e. The number of hydrogen-bond donors (Lipinski definition) is 2. The van der Waals surface area contributed by atoms with Crippen LogP contribution in [0.2, 0.25) is 0 Å². The van der Waals surface area contributed by atoms with Crippen LogP contribution >= 0.6 is 7.60 Å². The van der Waals surface area contributed by atoms with E-state index in [0.29, 0.717) is 30.9 Å². The SMILES string of the molecule is CCCCCCCCCCCCCCCCOCCO[P@@]1(=O)CO[C@@H](Cn2cnc3c(N)nc(N)nc32)CO1. The maximum absolute atomic E-state index is 12.8. The monoisotopic (exact) mass is 568 g/mol. The van der Waals surface area contributed by atoms with Crippen molar-refractivity contribution in [1.82, 2.24) is 19.5 Å². The molecule has 1 saturated heterocycles. The van der Waals surface area contributed by atoms with Crippen LogP contribution in [-0.2, 0) is 29.6 Å². The average molecular weight is 569 g/mol. The van der Waals surface area contributed by atoms with Crippen molar-refractivity contribution in [2.24, 2.45) is 0 Å². The first-order valence-electron chi connectivity index (χ1n) is 14.8. The number of ether oxygens (including phenoxy) is 2. The summed E-state index contributed by atoms with van der Waals surface area (Å²) in [7, 11) is -3.29. The molecule has 1 aliphatic rings. The highest BCUT2D eigenvalue weighted by Crippen LogP contribution is 2.50. The minimum absolute atomic E-state index is 0.0760. The molecule has 0 unspecified atom stereocenters. The molecular weight excluding hydrogens is 519 g/mol. The molecule has 0 radical (unpaired) electrons. The number of anilines is 2. The lowest BCUT2D eigenvalue weighted by Gasteiger charge is -2.29. The lowest BCUT2D eigenvalue weighted by Crippen LogP contribution is -2.30. The van der Waals surface area contributed by atoms with Crippen LogP contribution < -0.4 is 11.5 Å². The number of nitrogens with zero attached hydrogens (tertiary/aromatic N) is 4. The highest BCUT2D eigenvalue weighted by atomic mass is 31.2. The second kappa shape index (κ2) is 17.8.